The molecule has 0 spiro atoms. The zero-order valence-electron chi connectivity index (χ0n) is 13.7. The Morgan fingerprint density at radius 1 is 0.923 bits per heavy atom. The molecule has 0 heterocycles. The van der Waals surface area contributed by atoms with Crippen molar-refractivity contribution >= 4 is 52.3 Å². The number of hydrazine groups is 1. The van der Waals surface area contributed by atoms with Crippen molar-refractivity contribution in [3.63, 3.8) is 0 Å². The number of hydrogen-bond donors (Lipinski definition) is 3. The molecule has 0 aliphatic rings. The molecule has 0 fully saturated rings. The largest absolute Gasteiger partial charge is 0.302 e. The van der Waals surface area contributed by atoms with Gasteiger partial charge < -0.3 is 5.32 Å². The summed E-state index contributed by atoms with van der Waals surface area (Å²) in [5.41, 5.74) is 6.63. The van der Waals surface area contributed by atoms with Crippen molar-refractivity contribution in [2.24, 2.45) is 0 Å². The third kappa shape index (κ3) is 7.00. The second-order valence-corrected chi connectivity index (χ2v) is 6.70. The molecule has 2 rings (SSSR count). The van der Waals surface area contributed by atoms with Crippen LogP contribution >= 0.6 is 35.4 Å². The van der Waals surface area contributed by atoms with Gasteiger partial charge in [-0.15, -0.1) is 0 Å². The number of hydrogen-bond acceptors (Lipinski definition) is 3. The van der Waals surface area contributed by atoms with E-state index in [-0.39, 0.29) is 29.8 Å². The highest BCUT2D eigenvalue weighted by molar-refractivity contribution is 7.80. The second-order valence-electron chi connectivity index (χ2n) is 5.45. The van der Waals surface area contributed by atoms with E-state index in [1.165, 1.54) is 0 Å². The van der Waals surface area contributed by atoms with Crippen LogP contribution in [0.5, 0.6) is 0 Å². The summed E-state index contributed by atoms with van der Waals surface area (Å²) in [6, 6.07) is 14.3. The molecule has 0 saturated carbocycles. The fraction of sp³-hybridized carbons (Fsp3) is 0.167. The molecule has 8 heteroatoms. The second kappa shape index (κ2) is 10.1. The van der Waals surface area contributed by atoms with Gasteiger partial charge in [0.2, 0.25) is 11.8 Å². The third-order valence-electron chi connectivity index (χ3n) is 3.43. The number of carbonyl (C=O) groups excluding carboxylic acids is 2. The van der Waals surface area contributed by atoms with Gasteiger partial charge in [-0.25, -0.2) is 0 Å². The Morgan fingerprint density at radius 2 is 1.62 bits per heavy atom. The monoisotopic (exact) mass is 409 g/mol. The fourth-order valence-electron chi connectivity index (χ4n) is 2.13. The molecule has 0 saturated heterocycles. The van der Waals surface area contributed by atoms with Gasteiger partial charge in [-0.2, -0.15) is 0 Å². The van der Waals surface area contributed by atoms with Crippen LogP contribution in [0.25, 0.3) is 0 Å². The molecule has 26 heavy (non-hydrogen) atoms. The van der Waals surface area contributed by atoms with Crippen LogP contribution in [0, 0.1) is 0 Å². The zero-order chi connectivity index (χ0) is 18.9. The molecule has 3 N–H and O–H groups in total. The summed E-state index contributed by atoms with van der Waals surface area (Å²) in [5.74, 6) is -0.561. The first-order valence-electron chi connectivity index (χ1n) is 7.80. The Morgan fingerprint density at radius 3 is 2.31 bits per heavy atom. The number of carbonyl (C=O) groups is 2. The highest BCUT2D eigenvalue weighted by Crippen LogP contribution is 2.16. The van der Waals surface area contributed by atoms with Crippen LogP contribution in [0.3, 0.4) is 0 Å². The lowest BCUT2D eigenvalue weighted by molar-refractivity contribution is -0.122. The normalized spacial score (nSPS) is 10.1. The van der Waals surface area contributed by atoms with Gasteiger partial charge in [-0.05, 0) is 48.0 Å². The molecule has 2 aromatic carbocycles. The first-order chi connectivity index (χ1) is 12.4. The van der Waals surface area contributed by atoms with Crippen LogP contribution in [0.15, 0.2) is 48.5 Å². The molecule has 0 bridgehead atoms. The molecule has 2 aromatic rings. The molecular formula is C18H17Cl2N3O2S. The Kier molecular flexibility index (Phi) is 7.84. The van der Waals surface area contributed by atoms with Gasteiger partial charge in [0.1, 0.15) is 0 Å². The van der Waals surface area contributed by atoms with Crippen molar-refractivity contribution in [3.05, 3.63) is 69.7 Å². The number of amides is 2. The molecule has 0 aromatic heterocycles. The Labute approximate surface area is 167 Å². The molecule has 2 amide bonds. The first-order valence-corrected chi connectivity index (χ1v) is 8.97. The van der Waals surface area contributed by atoms with E-state index in [1.807, 2.05) is 18.2 Å². The topological polar surface area (TPSA) is 70.2 Å². The highest BCUT2D eigenvalue weighted by atomic mass is 35.5. The van der Waals surface area contributed by atoms with Crippen molar-refractivity contribution in [2.75, 3.05) is 0 Å². The molecule has 136 valence electrons. The summed E-state index contributed by atoms with van der Waals surface area (Å²) in [6.07, 6.45) is 0.883. The first kappa shape index (κ1) is 20.2. The summed E-state index contributed by atoms with van der Waals surface area (Å²) in [4.78, 5) is 23.7. The maximum Gasteiger partial charge on any atom is 0.242 e. The maximum atomic E-state index is 11.9. The summed E-state index contributed by atoms with van der Waals surface area (Å²) in [5, 5.41) is 3.75. The van der Waals surface area contributed by atoms with Crippen LogP contribution < -0.4 is 16.2 Å². The quantitative estimate of drug-likeness (QED) is 0.523. The maximum absolute atomic E-state index is 11.9. The van der Waals surface area contributed by atoms with Crippen molar-refractivity contribution in [1.82, 2.24) is 16.2 Å². The number of aryl methyl sites for hydroxylation is 1. The number of benzene rings is 2. The van der Waals surface area contributed by atoms with Crippen LogP contribution in [-0.4, -0.2) is 16.9 Å². The van der Waals surface area contributed by atoms with E-state index in [0.29, 0.717) is 16.5 Å². The Balaban J connectivity index is 1.69. The van der Waals surface area contributed by atoms with E-state index >= 15 is 0 Å². The van der Waals surface area contributed by atoms with Gasteiger partial charge in [-0.3, -0.25) is 20.4 Å². The van der Waals surface area contributed by atoms with Gasteiger partial charge in [0.05, 0.1) is 6.42 Å². The van der Waals surface area contributed by atoms with Gasteiger partial charge in [0.25, 0.3) is 0 Å². The molecule has 0 atom stereocenters. The predicted molar refractivity (Wildman–Crippen MR) is 107 cm³/mol. The molecule has 0 unspecified atom stereocenters. The lowest BCUT2D eigenvalue weighted by Gasteiger charge is -2.11. The summed E-state index contributed by atoms with van der Waals surface area (Å²) in [6.45, 7) is 0. The minimum absolute atomic E-state index is 0.0265. The Hall–Kier alpha value is -2.15. The summed E-state index contributed by atoms with van der Waals surface area (Å²) < 4.78 is 0. The smallest absolute Gasteiger partial charge is 0.242 e. The highest BCUT2D eigenvalue weighted by Gasteiger charge is 2.08. The van der Waals surface area contributed by atoms with E-state index in [2.05, 4.69) is 16.2 Å². The van der Waals surface area contributed by atoms with E-state index in [9.17, 15) is 9.59 Å². The van der Waals surface area contributed by atoms with E-state index < -0.39 is 0 Å². The van der Waals surface area contributed by atoms with Gasteiger partial charge >= 0.3 is 0 Å². The molecule has 0 aliphatic heterocycles. The lowest BCUT2D eigenvalue weighted by atomic mass is 10.1. The number of halogens is 2. The zero-order valence-corrected chi connectivity index (χ0v) is 16.0. The standard InChI is InChI=1S/C18H17Cl2N3O2S/c19-14-8-5-12(6-9-14)11-17(25)22-23-18(26)21-16(24)10-7-13-3-1-2-4-15(13)20/h1-6,8-9H,7,10-11H2,(H,22,25)(H2,21,23,24,26). The van der Waals surface area contributed by atoms with Crippen molar-refractivity contribution in [1.29, 1.82) is 0 Å². The fourth-order valence-corrected chi connectivity index (χ4v) is 2.65. The predicted octanol–water partition coefficient (Wildman–Crippen LogP) is 3.19. The van der Waals surface area contributed by atoms with Crippen molar-refractivity contribution in [2.45, 2.75) is 19.3 Å². The Bertz CT molecular complexity index is 797. The number of nitrogens with one attached hydrogen (secondary N) is 3. The van der Waals surface area contributed by atoms with Gasteiger partial charge in [0.15, 0.2) is 5.11 Å². The van der Waals surface area contributed by atoms with Crippen molar-refractivity contribution in [3.8, 4) is 0 Å². The lowest BCUT2D eigenvalue weighted by Crippen LogP contribution is -2.48. The number of thiocarbonyl (C=S) groups is 1. The molecule has 0 aliphatic carbocycles. The van der Waals surface area contributed by atoms with Gasteiger partial charge in [-0.1, -0.05) is 53.5 Å². The van der Waals surface area contributed by atoms with E-state index in [4.69, 9.17) is 35.4 Å². The van der Waals surface area contributed by atoms with Crippen molar-refractivity contribution < 1.29 is 9.59 Å². The molecular weight excluding hydrogens is 393 g/mol. The van der Waals surface area contributed by atoms with Crippen LogP contribution in [0.2, 0.25) is 10.0 Å². The molecule has 0 radical (unpaired) electrons. The minimum atomic E-state index is -0.292. The van der Waals surface area contributed by atoms with Crippen LogP contribution in [0.1, 0.15) is 17.5 Å². The third-order valence-corrected chi connectivity index (χ3v) is 4.25. The average molecular weight is 410 g/mol. The summed E-state index contributed by atoms with van der Waals surface area (Å²) in [7, 11) is 0. The van der Waals surface area contributed by atoms with Gasteiger partial charge in [0, 0.05) is 16.5 Å². The summed E-state index contributed by atoms with van der Waals surface area (Å²) >= 11 is 16.8. The number of rotatable bonds is 5. The van der Waals surface area contributed by atoms with E-state index in [0.717, 1.165) is 11.1 Å². The van der Waals surface area contributed by atoms with E-state index in [1.54, 1.807) is 30.3 Å². The minimum Gasteiger partial charge on any atom is -0.302 e. The SMILES string of the molecule is O=C(Cc1ccc(Cl)cc1)NNC(=S)NC(=O)CCc1ccccc1Cl. The molecule has 5 nitrogen and oxygen atoms in total. The average Bonchev–Trinajstić information content (AvgIpc) is 2.61. The van der Waals surface area contributed by atoms with Crippen LogP contribution in [-0.2, 0) is 22.4 Å². The van der Waals surface area contributed by atoms with Crippen LogP contribution in [0.4, 0.5) is 0 Å².